The molecule has 0 unspecified atom stereocenters. The minimum absolute atomic E-state index is 0.0156. The van der Waals surface area contributed by atoms with Crippen LogP contribution in [0.4, 0.5) is 34.1 Å². The fourth-order valence-electron chi connectivity index (χ4n) is 3.67. The molecular formula is C26H16N6O10. The van der Waals surface area contributed by atoms with Crippen LogP contribution >= 0.6 is 0 Å². The van der Waals surface area contributed by atoms with Crippen LogP contribution in [0.2, 0.25) is 0 Å². The fourth-order valence-corrected chi connectivity index (χ4v) is 3.67. The SMILES string of the molecule is O=C(O)c1cc(N=Nc2ccc(-c3ccc(N=Nc4ccc(O)c(C(=O)O)c4)cc3[N+](=O)[O-])c([N+](=O)[O-])c2)ccc1O. The van der Waals surface area contributed by atoms with E-state index in [2.05, 4.69) is 20.5 Å². The standard InChI is InChI=1S/C26H16N6O10/c33-23-7-3-13(9-19(23)25(35)36)27-29-15-1-5-17(21(11-15)31(39)40)18-6-2-16(12-22(18)32(41)42)30-28-14-4-8-24(34)20(10-14)26(37)38/h1-12,33-34H,(H,35,36)(H,37,38). The van der Waals surface area contributed by atoms with Crippen LogP contribution in [0.5, 0.6) is 11.5 Å². The maximum Gasteiger partial charge on any atom is 0.339 e. The summed E-state index contributed by atoms with van der Waals surface area (Å²) in [5.74, 6) is -3.76. The first-order valence-electron chi connectivity index (χ1n) is 11.5. The van der Waals surface area contributed by atoms with Crippen LogP contribution < -0.4 is 0 Å². The van der Waals surface area contributed by atoms with Crippen LogP contribution in [0.15, 0.2) is 93.3 Å². The van der Waals surface area contributed by atoms with Crippen LogP contribution in [-0.2, 0) is 0 Å². The molecule has 4 N–H and O–H groups in total. The summed E-state index contributed by atoms with van der Waals surface area (Å²) in [7, 11) is 0. The predicted molar refractivity (Wildman–Crippen MR) is 144 cm³/mol. The van der Waals surface area contributed by atoms with E-state index < -0.39 is 55.8 Å². The lowest BCUT2D eigenvalue weighted by Crippen LogP contribution is -1.96. The molecule has 0 saturated heterocycles. The first-order valence-corrected chi connectivity index (χ1v) is 11.5. The molecule has 210 valence electrons. The molecule has 0 bridgehead atoms. The number of carbonyl (C=O) groups is 2. The van der Waals surface area contributed by atoms with Gasteiger partial charge in [-0.15, -0.1) is 0 Å². The van der Waals surface area contributed by atoms with E-state index in [1.54, 1.807) is 0 Å². The Labute approximate surface area is 233 Å². The molecule has 0 aliphatic heterocycles. The molecule has 0 radical (unpaired) electrons. The van der Waals surface area contributed by atoms with Crippen molar-refractivity contribution in [3.63, 3.8) is 0 Å². The van der Waals surface area contributed by atoms with Crippen molar-refractivity contribution in [3.8, 4) is 22.6 Å². The number of phenols is 2. The van der Waals surface area contributed by atoms with Gasteiger partial charge in [-0.1, -0.05) is 0 Å². The van der Waals surface area contributed by atoms with Crippen LogP contribution in [-0.4, -0.2) is 42.2 Å². The van der Waals surface area contributed by atoms with E-state index in [1.165, 1.54) is 36.4 Å². The number of aromatic carboxylic acids is 2. The van der Waals surface area contributed by atoms with Crippen LogP contribution in [0, 0.1) is 20.2 Å². The highest BCUT2D eigenvalue weighted by atomic mass is 16.6. The Morgan fingerprint density at radius 1 is 0.548 bits per heavy atom. The van der Waals surface area contributed by atoms with Gasteiger partial charge in [0, 0.05) is 12.1 Å². The summed E-state index contributed by atoms with van der Waals surface area (Å²) in [6, 6.07) is 14.0. The number of benzene rings is 4. The lowest BCUT2D eigenvalue weighted by Gasteiger charge is -2.06. The number of nitro groups is 2. The van der Waals surface area contributed by atoms with Gasteiger partial charge in [0.2, 0.25) is 0 Å². The van der Waals surface area contributed by atoms with Gasteiger partial charge in [-0.3, -0.25) is 20.2 Å². The normalized spacial score (nSPS) is 11.1. The number of rotatable bonds is 9. The van der Waals surface area contributed by atoms with Gasteiger partial charge < -0.3 is 20.4 Å². The molecule has 0 aromatic heterocycles. The van der Waals surface area contributed by atoms with Gasteiger partial charge in [-0.2, -0.15) is 20.5 Å². The molecule has 4 aromatic rings. The van der Waals surface area contributed by atoms with Gasteiger partial charge in [-0.25, -0.2) is 9.59 Å². The Kier molecular flexibility index (Phi) is 7.89. The maximum absolute atomic E-state index is 11.9. The molecule has 0 saturated carbocycles. The van der Waals surface area contributed by atoms with Gasteiger partial charge in [-0.05, 0) is 60.7 Å². The monoisotopic (exact) mass is 572 g/mol. The van der Waals surface area contributed by atoms with E-state index in [0.29, 0.717) is 0 Å². The van der Waals surface area contributed by atoms with Crippen molar-refractivity contribution in [2.75, 3.05) is 0 Å². The molecule has 42 heavy (non-hydrogen) atoms. The fraction of sp³-hybridized carbons (Fsp3) is 0. The zero-order valence-electron chi connectivity index (χ0n) is 20.8. The molecule has 0 amide bonds. The Balaban J connectivity index is 1.68. The van der Waals surface area contributed by atoms with E-state index in [9.17, 15) is 40.0 Å². The Hall–Kier alpha value is -6.58. The summed E-state index contributed by atoms with van der Waals surface area (Å²) in [4.78, 5) is 44.6. The minimum Gasteiger partial charge on any atom is -0.507 e. The maximum atomic E-state index is 11.9. The topological polar surface area (TPSA) is 251 Å². The lowest BCUT2D eigenvalue weighted by atomic mass is 10.0. The molecular weight excluding hydrogens is 556 g/mol. The largest absolute Gasteiger partial charge is 0.507 e. The van der Waals surface area contributed by atoms with Crippen molar-refractivity contribution >= 4 is 46.1 Å². The van der Waals surface area contributed by atoms with E-state index in [1.807, 2.05) is 0 Å². The third-order valence-electron chi connectivity index (χ3n) is 5.63. The highest BCUT2D eigenvalue weighted by molar-refractivity contribution is 5.92. The number of hydrogen-bond acceptors (Lipinski definition) is 12. The molecule has 0 heterocycles. The Bertz CT molecular complexity index is 1700. The van der Waals surface area contributed by atoms with Crippen LogP contribution in [0.3, 0.4) is 0 Å². The molecule has 0 atom stereocenters. The van der Waals surface area contributed by atoms with Crippen molar-refractivity contribution in [2.45, 2.75) is 0 Å². The molecule has 4 rings (SSSR count). The minimum atomic E-state index is -1.40. The second-order valence-electron chi connectivity index (χ2n) is 8.33. The predicted octanol–water partition coefficient (Wildman–Crippen LogP) is 6.81. The van der Waals surface area contributed by atoms with E-state index in [-0.39, 0.29) is 33.9 Å². The quantitative estimate of drug-likeness (QED) is 0.0925. The smallest absolute Gasteiger partial charge is 0.339 e. The number of carboxylic acids is 2. The first-order chi connectivity index (χ1) is 19.9. The Morgan fingerprint density at radius 2 is 0.857 bits per heavy atom. The number of hydrogen-bond donors (Lipinski definition) is 4. The van der Waals surface area contributed by atoms with Crippen molar-refractivity contribution in [1.82, 2.24) is 0 Å². The van der Waals surface area contributed by atoms with Crippen molar-refractivity contribution in [1.29, 1.82) is 0 Å². The summed E-state index contributed by atoms with van der Waals surface area (Å²) < 4.78 is 0. The molecule has 0 aliphatic carbocycles. The molecule has 0 spiro atoms. The van der Waals surface area contributed by atoms with Crippen molar-refractivity contribution in [3.05, 3.63) is 104 Å². The average Bonchev–Trinajstić information content (AvgIpc) is 2.95. The number of carboxylic acid groups (broad SMARTS) is 2. The van der Waals surface area contributed by atoms with Crippen LogP contribution in [0.1, 0.15) is 20.7 Å². The third-order valence-corrected chi connectivity index (χ3v) is 5.63. The summed E-state index contributed by atoms with van der Waals surface area (Å²) >= 11 is 0. The molecule has 4 aromatic carbocycles. The van der Waals surface area contributed by atoms with Crippen molar-refractivity contribution < 1.29 is 39.9 Å². The van der Waals surface area contributed by atoms with E-state index in [0.717, 1.165) is 36.4 Å². The zero-order chi connectivity index (χ0) is 30.6. The average molecular weight is 572 g/mol. The molecule has 0 fully saturated rings. The summed E-state index contributed by atoms with van der Waals surface area (Å²) in [6.07, 6.45) is 0. The summed E-state index contributed by atoms with van der Waals surface area (Å²) in [6.45, 7) is 0. The molecule has 0 aliphatic rings. The van der Waals surface area contributed by atoms with Crippen molar-refractivity contribution in [2.24, 2.45) is 20.5 Å². The number of nitrogens with zero attached hydrogens (tertiary/aromatic N) is 6. The van der Waals surface area contributed by atoms with E-state index in [4.69, 9.17) is 10.2 Å². The molecule has 16 heteroatoms. The first kappa shape index (κ1) is 28.4. The second kappa shape index (κ2) is 11.7. The Morgan fingerprint density at radius 3 is 1.17 bits per heavy atom. The van der Waals surface area contributed by atoms with Gasteiger partial charge in [0.05, 0.1) is 43.7 Å². The third kappa shape index (κ3) is 6.18. The summed E-state index contributed by atoms with van der Waals surface area (Å²) in [5.41, 5.74) is -2.08. The highest BCUT2D eigenvalue weighted by Gasteiger charge is 2.24. The highest BCUT2D eigenvalue weighted by Crippen LogP contribution is 2.40. The van der Waals surface area contributed by atoms with Gasteiger partial charge in [0.15, 0.2) is 0 Å². The van der Waals surface area contributed by atoms with Crippen LogP contribution in [0.25, 0.3) is 11.1 Å². The van der Waals surface area contributed by atoms with Gasteiger partial charge >= 0.3 is 11.9 Å². The number of aromatic hydroxyl groups is 2. The molecule has 16 nitrogen and oxygen atoms in total. The lowest BCUT2D eigenvalue weighted by molar-refractivity contribution is -0.386. The number of nitro benzene ring substituents is 2. The van der Waals surface area contributed by atoms with Gasteiger partial charge in [0.25, 0.3) is 11.4 Å². The second-order valence-corrected chi connectivity index (χ2v) is 8.33. The summed E-state index contributed by atoms with van der Waals surface area (Å²) in [5, 5.41) is 76.6. The van der Waals surface area contributed by atoms with Gasteiger partial charge in [0.1, 0.15) is 22.6 Å². The zero-order valence-corrected chi connectivity index (χ0v) is 20.8. The number of azo groups is 2. The van der Waals surface area contributed by atoms with E-state index >= 15 is 0 Å².